The van der Waals surface area contributed by atoms with Crippen molar-refractivity contribution in [2.45, 2.75) is 0 Å². The van der Waals surface area contributed by atoms with Gasteiger partial charge in [0.15, 0.2) is 0 Å². The molecule has 0 aromatic carbocycles. The largest absolute Gasteiger partial charge is 0.382 e. The summed E-state index contributed by atoms with van der Waals surface area (Å²) in [5, 5.41) is 0. The number of methoxy groups -OCH3 is 1. The van der Waals surface area contributed by atoms with E-state index in [2.05, 4.69) is 0 Å². The van der Waals surface area contributed by atoms with Crippen LogP contribution in [0, 0.1) is 0 Å². The zero-order chi connectivity index (χ0) is 23.2. The minimum atomic E-state index is 0.502. The molecule has 0 saturated heterocycles. The monoisotopic (exact) mass is 490 g/mol. The van der Waals surface area contributed by atoms with Gasteiger partial charge in [-0.15, -0.1) is 11.6 Å². The lowest BCUT2D eigenvalue weighted by Gasteiger charge is -2.08. The SMILES string of the molecule is COCCOCCOCCOCCOCCOCCOCCOCCOCCOCCCl. The van der Waals surface area contributed by atoms with Crippen LogP contribution in [0.15, 0.2) is 0 Å². The van der Waals surface area contributed by atoms with Crippen molar-refractivity contribution in [2.24, 2.45) is 0 Å². The molecule has 0 aromatic heterocycles. The van der Waals surface area contributed by atoms with Gasteiger partial charge in [0.2, 0.25) is 0 Å². The van der Waals surface area contributed by atoms with E-state index in [1.54, 1.807) is 7.11 Å². The van der Waals surface area contributed by atoms with Gasteiger partial charge < -0.3 is 47.4 Å². The van der Waals surface area contributed by atoms with Crippen molar-refractivity contribution in [3.05, 3.63) is 0 Å². The number of halogens is 1. The Labute approximate surface area is 197 Å². The Morgan fingerprint density at radius 2 is 0.500 bits per heavy atom. The fourth-order valence-corrected chi connectivity index (χ4v) is 2.17. The fraction of sp³-hybridized carbons (Fsp3) is 1.00. The summed E-state index contributed by atoms with van der Waals surface area (Å²) < 4.78 is 53.1. The van der Waals surface area contributed by atoms with E-state index in [1.807, 2.05) is 0 Å². The number of ether oxygens (including phenoxy) is 10. The standard InChI is InChI=1S/C21H43ClO10/c1-23-4-5-25-8-9-27-12-13-29-16-17-31-20-21-32-19-18-30-15-14-28-11-10-26-7-6-24-3-2-22/h2-21H2,1H3. The second-order valence-corrected chi connectivity index (χ2v) is 6.57. The fourth-order valence-electron chi connectivity index (χ4n) is 2.06. The molecule has 194 valence electrons. The van der Waals surface area contributed by atoms with Crippen LogP contribution < -0.4 is 0 Å². The van der Waals surface area contributed by atoms with E-state index in [9.17, 15) is 0 Å². The lowest BCUT2D eigenvalue weighted by Crippen LogP contribution is -2.15. The maximum atomic E-state index is 5.49. The molecule has 10 nitrogen and oxygen atoms in total. The van der Waals surface area contributed by atoms with Gasteiger partial charge >= 0.3 is 0 Å². The maximum Gasteiger partial charge on any atom is 0.0701 e. The third kappa shape index (κ3) is 29.9. The zero-order valence-electron chi connectivity index (χ0n) is 19.6. The molecule has 0 bridgehead atoms. The van der Waals surface area contributed by atoms with Gasteiger partial charge in [-0.25, -0.2) is 0 Å². The van der Waals surface area contributed by atoms with Crippen LogP contribution in [0.3, 0.4) is 0 Å². The molecule has 0 unspecified atom stereocenters. The van der Waals surface area contributed by atoms with Gasteiger partial charge in [-0.05, 0) is 0 Å². The molecule has 0 fully saturated rings. The minimum Gasteiger partial charge on any atom is -0.382 e. The van der Waals surface area contributed by atoms with Gasteiger partial charge in [0.05, 0.1) is 126 Å². The summed E-state index contributed by atoms with van der Waals surface area (Å²) >= 11 is 5.49. The van der Waals surface area contributed by atoms with E-state index < -0.39 is 0 Å². The molecule has 0 amide bonds. The number of hydrogen-bond donors (Lipinski definition) is 0. The Morgan fingerprint density at radius 1 is 0.312 bits per heavy atom. The summed E-state index contributed by atoms with van der Waals surface area (Å²) in [5.74, 6) is 0.502. The van der Waals surface area contributed by atoms with Crippen molar-refractivity contribution in [2.75, 3.05) is 139 Å². The van der Waals surface area contributed by atoms with E-state index in [0.29, 0.717) is 131 Å². The first-order valence-corrected chi connectivity index (χ1v) is 11.7. The quantitative estimate of drug-likeness (QED) is 0.112. The maximum absolute atomic E-state index is 5.49. The molecule has 0 aliphatic heterocycles. The Balaban J connectivity index is 2.98. The topological polar surface area (TPSA) is 92.3 Å². The zero-order valence-corrected chi connectivity index (χ0v) is 20.4. The molecule has 0 saturated carbocycles. The predicted molar refractivity (Wildman–Crippen MR) is 120 cm³/mol. The summed E-state index contributed by atoms with van der Waals surface area (Å²) in [7, 11) is 1.65. The van der Waals surface area contributed by atoms with Crippen LogP contribution in [0.2, 0.25) is 0 Å². The van der Waals surface area contributed by atoms with Gasteiger partial charge in [-0.2, -0.15) is 0 Å². The first-order valence-electron chi connectivity index (χ1n) is 11.2. The summed E-state index contributed by atoms with van der Waals surface area (Å²) in [4.78, 5) is 0. The minimum absolute atomic E-state index is 0.502. The summed E-state index contributed by atoms with van der Waals surface area (Å²) in [5.41, 5.74) is 0. The smallest absolute Gasteiger partial charge is 0.0701 e. The molecule has 32 heavy (non-hydrogen) atoms. The van der Waals surface area contributed by atoms with Gasteiger partial charge in [0, 0.05) is 13.0 Å². The van der Waals surface area contributed by atoms with Crippen molar-refractivity contribution < 1.29 is 47.4 Å². The highest BCUT2D eigenvalue weighted by Crippen LogP contribution is 1.86. The average molecular weight is 491 g/mol. The summed E-state index contributed by atoms with van der Waals surface area (Å²) in [6.07, 6.45) is 0. The highest BCUT2D eigenvalue weighted by Gasteiger charge is 1.95. The molecule has 0 spiro atoms. The second kappa shape index (κ2) is 30.9. The molecule has 0 aliphatic carbocycles. The second-order valence-electron chi connectivity index (χ2n) is 6.19. The first-order chi connectivity index (χ1) is 15.9. The van der Waals surface area contributed by atoms with Gasteiger partial charge in [-0.1, -0.05) is 0 Å². The van der Waals surface area contributed by atoms with E-state index in [-0.39, 0.29) is 0 Å². The molecular weight excluding hydrogens is 448 g/mol. The summed E-state index contributed by atoms with van der Waals surface area (Å²) in [6.45, 7) is 10.3. The Hall–Kier alpha value is -0.110. The lowest BCUT2D eigenvalue weighted by atomic mass is 10.6. The van der Waals surface area contributed by atoms with Crippen molar-refractivity contribution in [3.8, 4) is 0 Å². The van der Waals surface area contributed by atoms with Gasteiger partial charge in [0.1, 0.15) is 0 Å². The Kier molecular flexibility index (Phi) is 30.8. The molecule has 0 radical (unpaired) electrons. The molecule has 0 N–H and O–H groups in total. The van der Waals surface area contributed by atoms with Gasteiger partial charge in [0.25, 0.3) is 0 Å². The molecule has 0 rings (SSSR count). The van der Waals surface area contributed by atoms with E-state index in [4.69, 9.17) is 59.0 Å². The van der Waals surface area contributed by atoms with Crippen molar-refractivity contribution in [1.82, 2.24) is 0 Å². The van der Waals surface area contributed by atoms with E-state index in [1.165, 1.54) is 0 Å². The average Bonchev–Trinajstić information content (AvgIpc) is 2.81. The van der Waals surface area contributed by atoms with Crippen LogP contribution in [-0.4, -0.2) is 139 Å². The number of hydrogen-bond acceptors (Lipinski definition) is 10. The Morgan fingerprint density at radius 3 is 0.688 bits per heavy atom. The van der Waals surface area contributed by atoms with E-state index >= 15 is 0 Å². The van der Waals surface area contributed by atoms with Crippen molar-refractivity contribution in [3.63, 3.8) is 0 Å². The molecule has 11 heteroatoms. The molecular formula is C21H43ClO10. The van der Waals surface area contributed by atoms with Gasteiger partial charge in [-0.3, -0.25) is 0 Å². The van der Waals surface area contributed by atoms with Crippen LogP contribution in [0.1, 0.15) is 0 Å². The number of alkyl halides is 1. The van der Waals surface area contributed by atoms with Crippen molar-refractivity contribution >= 4 is 11.6 Å². The first kappa shape index (κ1) is 31.9. The Bertz CT molecular complexity index is 299. The highest BCUT2D eigenvalue weighted by molar-refractivity contribution is 6.17. The van der Waals surface area contributed by atoms with Crippen LogP contribution in [0.4, 0.5) is 0 Å². The number of rotatable bonds is 29. The molecule has 0 aromatic rings. The third-order valence-corrected chi connectivity index (χ3v) is 3.78. The summed E-state index contributed by atoms with van der Waals surface area (Å²) in [6, 6.07) is 0. The lowest BCUT2D eigenvalue weighted by molar-refractivity contribution is -0.0256. The van der Waals surface area contributed by atoms with Crippen LogP contribution in [0.5, 0.6) is 0 Å². The van der Waals surface area contributed by atoms with E-state index in [0.717, 1.165) is 0 Å². The van der Waals surface area contributed by atoms with Crippen LogP contribution in [-0.2, 0) is 47.4 Å². The highest BCUT2D eigenvalue weighted by atomic mass is 35.5. The molecule has 0 heterocycles. The normalized spacial score (nSPS) is 11.4. The third-order valence-electron chi connectivity index (χ3n) is 3.63. The molecule has 0 atom stereocenters. The van der Waals surface area contributed by atoms with Crippen molar-refractivity contribution in [1.29, 1.82) is 0 Å². The predicted octanol–water partition coefficient (Wildman–Crippen LogP) is 1.02. The van der Waals surface area contributed by atoms with Crippen LogP contribution in [0.25, 0.3) is 0 Å². The molecule has 0 aliphatic rings. The van der Waals surface area contributed by atoms with Crippen LogP contribution >= 0.6 is 11.6 Å².